The van der Waals surface area contributed by atoms with Gasteiger partial charge >= 0.3 is 0 Å². The van der Waals surface area contributed by atoms with Crippen LogP contribution in [0.1, 0.15) is 28.0 Å². The number of aryl methyl sites for hydroxylation is 1. The first kappa shape index (κ1) is 19.4. The number of amides is 1. The zero-order valence-electron chi connectivity index (χ0n) is 15.9. The summed E-state index contributed by atoms with van der Waals surface area (Å²) in [5, 5.41) is 6.05. The fourth-order valence-electron chi connectivity index (χ4n) is 2.72. The molecule has 6 heteroatoms. The molecule has 0 saturated heterocycles. The molecule has 3 aromatic rings. The number of aromatic nitrogens is 2. The second-order valence-corrected chi connectivity index (χ2v) is 6.31. The molecule has 144 valence electrons. The summed E-state index contributed by atoms with van der Waals surface area (Å²) in [4.78, 5) is 20.8. The Hall–Kier alpha value is -3.41. The minimum atomic E-state index is -0.231. The summed E-state index contributed by atoms with van der Waals surface area (Å²) in [5.74, 6) is 1.02. The van der Waals surface area contributed by atoms with E-state index in [-0.39, 0.29) is 5.91 Å². The van der Waals surface area contributed by atoms with E-state index in [2.05, 4.69) is 32.7 Å². The van der Waals surface area contributed by atoms with E-state index in [9.17, 15) is 4.79 Å². The largest absolute Gasteiger partial charge is 0.497 e. The molecule has 0 spiro atoms. The van der Waals surface area contributed by atoms with Crippen molar-refractivity contribution >= 4 is 11.9 Å². The van der Waals surface area contributed by atoms with Gasteiger partial charge < -0.3 is 15.4 Å². The average molecular weight is 376 g/mol. The predicted octanol–water partition coefficient (Wildman–Crippen LogP) is 3.46. The summed E-state index contributed by atoms with van der Waals surface area (Å²) in [6.45, 7) is 1.17. The Kier molecular flexibility index (Phi) is 6.95. The molecule has 0 atom stereocenters. The monoisotopic (exact) mass is 376 g/mol. The summed E-state index contributed by atoms with van der Waals surface area (Å²) in [5.41, 5.74) is 2.63. The van der Waals surface area contributed by atoms with Crippen LogP contribution in [0.15, 0.2) is 66.9 Å². The Morgan fingerprint density at radius 1 is 1.00 bits per heavy atom. The Bertz CT molecular complexity index is 883. The molecule has 0 saturated carbocycles. The van der Waals surface area contributed by atoms with Crippen LogP contribution in [0.25, 0.3) is 0 Å². The third-order valence-electron chi connectivity index (χ3n) is 4.27. The number of benzene rings is 2. The van der Waals surface area contributed by atoms with Crippen LogP contribution in [-0.4, -0.2) is 29.5 Å². The Labute approximate surface area is 165 Å². The molecule has 1 heterocycles. The maximum atomic E-state index is 12.4. The van der Waals surface area contributed by atoms with Crippen LogP contribution in [0.2, 0.25) is 0 Å². The lowest BCUT2D eigenvalue weighted by Crippen LogP contribution is -2.24. The molecule has 0 fully saturated rings. The zero-order chi connectivity index (χ0) is 19.6. The Morgan fingerprint density at radius 2 is 1.79 bits per heavy atom. The Morgan fingerprint density at radius 3 is 2.54 bits per heavy atom. The summed E-state index contributed by atoms with van der Waals surface area (Å²) < 4.78 is 5.13. The molecule has 0 aliphatic heterocycles. The first-order chi connectivity index (χ1) is 13.7. The molecule has 0 unspecified atom stereocenters. The van der Waals surface area contributed by atoms with Crippen molar-refractivity contribution in [2.24, 2.45) is 0 Å². The topological polar surface area (TPSA) is 76.1 Å². The van der Waals surface area contributed by atoms with Crippen LogP contribution in [0.5, 0.6) is 5.75 Å². The number of rotatable bonds is 9. The minimum Gasteiger partial charge on any atom is -0.497 e. The summed E-state index contributed by atoms with van der Waals surface area (Å²) in [6.07, 6.45) is 3.53. The minimum absolute atomic E-state index is 0.231. The molecule has 6 nitrogen and oxygen atoms in total. The second-order valence-electron chi connectivity index (χ2n) is 6.31. The van der Waals surface area contributed by atoms with Crippen LogP contribution in [0.3, 0.4) is 0 Å². The van der Waals surface area contributed by atoms with E-state index < -0.39 is 0 Å². The van der Waals surface area contributed by atoms with Gasteiger partial charge in [-0.15, -0.1) is 0 Å². The first-order valence-corrected chi connectivity index (χ1v) is 9.26. The van der Waals surface area contributed by atoms with Gasteiger partial charge in [0.15, 0.2) is 0 Å². The molecular formula is C22H24N4O2. The van der Waals surface area contributed by atoms with Crippen LogP contribution in [0.4, 0.5) is 5.95 Å². The van der Waals surface area contributed by atoms with Crippen molar-refractivity contribution in [3.05, 3.63) is 83.7 Å². The highest BCUT2D eigenvalue weighted by atomic mass is 16.5. The normalized spacial score (nSPS) is 10.3. The van der Waals surface area contributed by atoms with E-state index in [4.69, 9.17) is 4.74 Å². The standard InChI is InChI=1S/C22H24N4O2/c1-28-19-11-9-18(10-12-19)16-25-21(27)20-13-15-24-22(26-20)23-14-5-8-17-6-3-2-4-7-17/h2-4,6-7,9-13,15H,5,8,14,16H2,1H3,(H,25,27)(H,23,24,26). The maximum absolute atomic E-state index is 12.4. The lowest BCUT2D eigenvalue weighted by molar-refractivity contribution is 0.0946. The van der Waals surface area contributed by atoms with Gasteiger partial charge in [-0.25, -0.2) is 9.97 Å². The van der Waals surface area contributed by atoms with Crippen molar-refractivity contribution in [2.45, 2.75) is 19.4 Å². The van der Waals surface area contributed by atoms with E-state index in [0.717, 1.165) is 30.7 Å². The van der Waals surface area contributed by atoms with Gasteiger partial charge in [-0.3, -0.25) is 4.79 Å². The fraction of sp³-hybridized carbons (Fsp3) is 0.227. The smallest absolute Gasteiger partial charge is 0.270 e. The van der Waals surface area contributed by atoms with Crippen LogP contribution in [-0.2, 0) is 13.0 Å². The van der Waals surface area contributed by atoms with Crippen molar-refractivity contribution in [3.8, 4) is 5.75 Å². The third kappa shape index (κ3) is 5.81. The predicted molar refractivity (Wildman–Crippen MR) is 109 cm³/mol. The molecule has 2 N–H and O–H groups in total. The number of carbonyl (C=O) groups excluding carboxylic acids is 1. The van der Waals surface area contributed by atoms with Crippen LogP contribution < -0.4 is 15.4 Å². The molecule has 0 aliphatic rings. The number of carbonyl (C=O) groups is 1. The summed E-state index contributed by atoms with van der Waals surface area (Å²) in [6, 6.07) is 19.5. The number of nitrogens with one attached hydrogen (secondary N) is 2. The SMILES string of the molecule is COc1ccc(CNC(=O)c2ccnc(NCCCc3ccccc3)n2)cc1. The number of hydrogen-bond donors (Lipinski definition) is 2. The van der Waals surface area contributed by atoms with Gasteiger partial charge in [-0.2, -0.15) is 0 Å². The van der Waals surface area contributed by atoms with Crippen molar-refractivity contribution < 1.29 is 9.53 Å². The first-order valence-electron chi connectivity index (χ1n) is 9.26. The summed E-state index contributed by atoms with van der Waals surface area (Å²) in [7, 11) is 1.62. The van der Waals surface area contributed by atoms with Crippen molar-refractivity contribution in [1.29, 1.82) is 0 Å². The third-order valence-corrected chi connectivity index (χ3v) is 4.27. The van der Waals surface area contributed by atoms with Gasteiger partial charge in [-0.1, -0.05) is 42.5 Å². The number of methoxy groups -OCH3 is 1. The lowest BCUT2D eigenvalue weighted by Gasteiger charge is -2.08. The molecule has 1 aromatic heterocycles. The van der Waals surface area contributed by atoms with E-state index >= 15 is 0 Å². The highest BCUT2D eigenvalue weighted by molar-refractivity contribution is 5.92. The second kappa shape index (κ2) is 10.1. The highest BCUT2D eigenvalue weighted by Gasteiger charge is 2.08. The average Bonchev–Trinajstić information content (AvgIpc) is 2.76. The number of hydrogen-bond acceptors (Lipinski definition) is 5. The zero-order valence-corrected chi connectivity index (χ0v) is 15.9. The van der Waals surface area contributed by atoms with E-state index in [1.165, 1.54) is 5.56 Å². The molecule has 0 aliphatic carbocycles. The maximum Gasteiger partial charge on any atom is 0.270 e. The van der Waals surface area contributed by atoms with Crippen molar-refractivity contribution in [3.63, 3.8) is 0 Å². The molecule has 3 rings (SSSR count). The number of nitrogens with zero attached hydrogens (tertiary/aromatic N) is 2. The molecule has 0 radical (unpaired) electrons. The quantitative estimate of drug-likeness (QED) is 0.559. The Balaban J connectivity index is 1.46. The fourth-order valence-corrected chi connectivity index (χ4v) is 2.72. The van der Waals surface area contributed by atoms with Crippen LogP contribution >= 0.6 is 0 Å². The molecule has 0 bridgehead atoms. The molecule has 1 amide bonds. The van der Waals surface area contributed by atoms with Gasteiger partial charge in [0, 0.05) is 19.3 Å². The van der Waals surface area contributed by atoms with E-state index in [1.54, 1.807) is 19.4 Å². The lowest BCUT2D eigenvalue weighted by atomic mass is 10.1. The highest BCUT2D eigenvalue weighted by Crippen LogP contribution is 2.11. The van der Waals surface area contributed by atoms with Gasteiger partial charge in [0.05, 0.1) is 7.11 Å². The number of ether oxygens (including phenoxy) is 1. The van der Waals surface area contributed by atoms with Gasteiger partial charge in [0.25, 0.3) is 5.91 Å². The summed E-state index contributed by atoms with van der Waals surface area (Å²) >= 11 is 0. The number of anilines is 1. The van der Waals surface area contributed by atoms with Gasteiger partial charge in [-0.05, 0) is 42.2 Å². The van der Waals surface area contributed by atoms with Gasteiger partial charge in [0.1, 0.15) is 11.4 Å². The molecule has 2 aromatic carbocycles. The van der Waals surface area contributed by atoms with Crippen LogP contribution in [0, 0.1) is 0 Å². The van der Waals surface area contributed by atoms with E-state index in [1.807, 2.05) is 42.5 Å². The van der Waals surface area contributed by atoms with Crippen molar-refractivity contribution in [1.82, 2.24) is 15.3 Å². The van der Waals surface area contributed by atoms with Gasteiger partial charge in [0.2, 0.25) is 5.95 Å². The molecular weight excluding hydrogens is 352 g/mol. The van der Waals surface area contributed by atoms with E-state index in [0.29, 0.717) is 18.2 Å². The molecule has 28 heavy (non-hydrogen) atoms. The van der Waals surface area contributed by atoms with Crippen molar-refractivity contribution in [2.75, 3.05) is 19.0 Å².